The van der Waals surface area contributed by atoms with Gasteiger partial charge in [0, 0.05) is 29.4 Å². The maximum atomic E-state index is 11.0. The minimum atomic E-state index is -0.393. The number of nitro groups is 1. The smallest absolute Gasteiger partial charge is 0.295 e. The van der Waals surface area contributed by atoms with Crippen molar-refractivity contribution in [2.75, 3.05) is 5.32 Å². The summed E-state index contributed by atoms with van der Waals surface area (Å²) in [5.74, 6) is 0. The number of benzene rings is 1. The van der Waals surface area contributed by atoms with Gasteiger partial charge < -0.3 is 5.32 Å². The van der Waals surface area contributed by atoms with E-state index in [0.29, 0.717) is 11.6 Å². The van der Waals surface area contributed by atoms with Gasteiger partial charge in [-0.25, -0.2) is 4.98 Å². The fourth-order valence-corrected chi connectivity index (χ4v) is 2.15. The van der Waals surface area contributed by atoms with E-state index < -0.39 is 4.92 Å². The molecule has 0 aliphatic carbocycles. The summed E-state index contributed by atoms with van der Waals surface area (Å²) in [4.78, 5) is 14.8. The standard InChI is InChI=1S/C14H17N3O2/c1-3-10(4-2)16-12-8-9-15-14-11(12)6-5-7-13(14)17(18)19/h5-10H,3-4H2,1-2H3,(H,15,16). The molecule has 0 fully saturated rings. The average molecular weight is 259 g/mol. The highest BCUT2D eigenvalue weighted by atomic mass is 16.6. The first-order valence-electron chi connectivity index (χ1n) is 6.46. The zero-order valence-electron chi connectivity index (χ0n) is 11.1. The van der Waals surface area contributed by atoms with Crippen molar-refractivity contribution >= 4 is 22.3 Å². The molecule has 0 unspecified atom stereocenters. The van der Waals surface area contributed by atoms with E-state index in [1.54, 1.807) is 12.3 Å². The topological polar surface area (TPSA) is 68.1 Å². The molecular weight excluding hydrogens is 242 g/mol. The lowest BCUT2D eigenvalue weighted by Gasteiger charge is -2.17. The molecule has 100 valence electrons. The summed E-state index contributed by atoms with van der Waals surface area (Å²) < 4.78 is 0. The minimum absolute atomic E-state index is 0.0469. The predicted molar refractivity (Wildman–Crippen MR) is 76.4 cm³/mol. The third-order valence-electron chi connectivity index (χ3n) is 3.29. The van der Waals surface area contributed by atoms with Gasteiger partial charge >= 0.3 is 0 Å². The van der Waals surface area contributed by atoms with Gasteiger partial charge in [-0.1, -0.05) is 26.0 Å². The largest absolute Gasteiger partial charge is 0.382 e. The normalized spacial score (nSPS) is 10.9. The highest BCUT2D eigenvalue weighted by Gasteiger charge is 2.15. The van der Waals surface area contributed by atoms with Crippen molar-refractivity contribution in [3.63, 3.8) is 0 Å². The third-order valence-corrected chi connectivity index (χ3v) is 3.29. The van der Waals surface area contributed by atoms with E-state index in [4.69, 9.17) is 0 Å². The first-order chi connectivity index (χ1) is 9.17. The van der Waals surface area contributed by atoms with E-state index in [0.717, 1.165) is 23.9 Å². The summed E-state index contributed by atoms with van der Waals surface area (Å²) >= 11 is 0. The van der Waals surface area contributed by atoms with Crippen LogP contribution in [0, 0.1) is 10.1 Å². The zero-order valence-corrected chi connectivity index (χ0v) is 11.1. The maximum absolute atomic E-state index is 11.0. The molecule has 5 nitrogen and oxygen atoms in total. The Balaban J connectivity index is 2.51. The summed E-state index contributed by atoms with van der Waals surface area (Å²) in [6.07, 6.45) is 3.63. The zero-order chi connectivity index (χ0) is 13.8. The van der Waals surface area contributed by atoms with Crippen LogP contribution in [-0.2, 0) is 0 Å². The molecule has 2 rings (SSSR count). The molecule has 1 heterocycles. The van der Waals surface area contributed by atoms with Crippen LogP contribution in [0.1, 0.15) is 26.7 Å². The Labute approximate surface area is 111 Å². The molecule has 0 radical (unpaired) electrons. The van der Waals surface area contributed by atoms with Gasteiger partial charge in [0.05, 0.1) is 4.92 Å². The quantitative estimate of drug-likeness (QED) is 0.656. The van der Waals surface area contributed by atoms with Crippen molar-refractivity contribution in [2.45, 2.75) is 32.7 Å². The van der Waals surface area contributed by atoms with Crippen molar-refractivity contribution in [1.82, 2.24) is 4.98 Å². The second-order valence-electron chi connectivity index (χ2n) is 4.45. The number of anilines is 1. The van der Waals surface area contributed by atoms with Gasteiger partial charge in [-0.3, -0.25) is 10.1 Å². The van der Waals surface area contributed by atoms with E-state index in [9.17, 15) is 10.1 Å². The highest BCUT2D eigenvalue weighted by molar-refractivity contribution is 5.96. The lowest BCUT2D eigenvalue weighted by molar-refractivity contribution is -0.383. The molecule has 0 aliphatic rings. The Kier molecular flexibility index (Phi) is 3.94. The Morgan fingerprint density at radius 2 is 2.05 bits per heavy atom. The van der Waals surface area contributed by atoms with Crippen molar-refractivity contribution in [2.24, 2.45) is 0 Å². The van der Waals surface area contributed by atoms with Crippen LogP contribution in [-0.4, -0.2) is 15.9 Å². The van der Waals surface area contributed by atoms with Crippen LogP contribution in [0.4, 0.5) is 11.4 Å². The molecule has 5 heteroatoms. The molecule has 0 spiro atoms. The number of para-hydroxylation sites is 1. The number of rotatable bonds is 5. The Hall–Kier alpha value is -2.17. The molecule has 0 saturated carbocycles. The Bertz CT molecular complexity index is 594. The minimum Gasteiger partial charge on any atom is -0.382 e. The van der Waals surface area contributed by atoms with Gasteiger partial charge in [0.1, 0.15) is 5.52 Å². The molecule has 2 aromatic rings. The molecular formula is C14H17N3O2. The van der Waals surface area contributed by atoms with E-state index >= 15 is 0 Å². The fraction of sp³-hybridized carbons (Fsp3) is 0.357. The van der Waals surface area contributed by atoms with Gasteiger partial charge in [0.2, 0.25) is 0 Å². The molecule has 1 N–H and O–H groups in total. The van der Waals surface area contributed by atoms with Crippen LogP contribution in [0.2, 0.25) is 0 Å². The number of nitro benzene ring substituents is 1. The van der Waals surface area contributed by atoms with E-state index in [2.05, 4.69) is 24.1 Å². The van der Waals surface area contributed by atoms with Crippen LogP contribution in [0.3, 0.4) is 0 Å². The van der Waals surface area contributed by atoms with Crippen LogP contribution in [0.5, 0.6) is 0 Å². The van der Waals surface area contributed by atoms with Crippen LogP contribution in [0.15, 0.2) is 30.5 Å². The molecule has 1 aromatic carbocycles. The number of nitrogens with one attached hydrogen (secondary N) is 1. The lowest BCUT2D eigenvalue weighted by Crippen LogP contribution is -2.17. The van der Waals surface area contributed by atoms with E-state index in [1.807, 2.05) is 12.1 Å². The third kappa shape index (κ3) is 2.65. The fourth-order valence-electron chi connectivity index (χ4n) is 2.15. The lowest BCUT2D eigenvalue weighted by atomic mass is 10.1. The van der Waals surface area contributed by atoms with Crippen molar-refractivity contribution in [3.05, 3.63) is 40.6 Å². The number of aromatic nitrogens is 1. The summed E-state index contributed by atoms with van der Waals surface area (Å²) in [5, 5.41) is 15.2. The molecule has 0 amide bonds. The average Bonchev–Trinajstić information content (AvgIpc) is 2.44. The first-order valence-corrected chi connectivity index (χ1v) is 6.46. The summed E-state index contributed by atoms with van der Waals surface area (Å²) in [6, 6.07) is 7.27. The molecule has 0 bridgehead atoms. The second kappa shape index (κ2) is 5.65. The molecule has 19 heavy (non-hydrogen) atoms. The Morgan fingerprint density at radius 1 is 1.32 bits per heavy atom. The second-order valence-corrected chi connectivity index (χ2v) is 4.45. The number of fused-ring (bicyclic) bond motifs is 1. The van der Waals surface area contributed by atoms with Gasteiger partial charge in [-0.15, -0.1) is 0 Å². The number of non-ortho nitro benzene ring substituents is 1. The van der Waals surface area contributed by atoms with Gasteiger partial charge in [0.15, 0.2) is 0 Å². The summed E-state index contributed by atoms with van der Waals surface area (Å²) in [7, 11) is 0. The molecule has 0 saturated heterocycles. The summed E-state index contributed by atoms with van der Waals surface area (Å²) in [5.41, 5.74) is 1.39. The number of nitrogens with zero attached hydrogens (tertiary/aromatic N) is 2. The van der Waals surface area contributed by atoms with Crippen molar-refractivity contribution < 1.29 is 4.92 Å². The Morgan fingerprint density at radius 3 is 2.68 bits per heavy atom. The number of hydrogen-bond donors (Lipinski definition) is 1. The van der Waals surface area contributed by atoms with Gasteiger partial charge in [-0.2, -0.15) is 0 Å². The molecule has 0 aliphatic heterocycles. The van der Waals surface area contributed by atoms with Gasteiger partial charge in [-0.05, 0) is 18.9 Å². The van der Waals surface area contributed by atoms with Crippen LogP contribution < -0.4 is 5.32 Å². The van der Waals surface area contributed by atoms with Crippen molar-refractivity contribution in [3.8, 4) is 0 Å². The van der Waals surface area contributed by atoms with E-state index in [1.165, 1.54) is 6.07 Å². The first kappa shape index (κ1) is 13.3. The predicted octanol–water partition coefficient (Wildman–Crippen LogP) is 3.74. The van der Waals surface area contributed by atoms with Crippen LogP contribution >= 0.6 is 0 Å². The van der Waals surface area contributed by atoms with E-state index in [-0.39, 0.29) is 5.69 Å². The van der Waals surface area contributed by atoms with Crippen molar-refractivity contribution in [1.29, 1.82) is 0 Å². The van der Waals surface area contributed by atoms with Crippen LogP contribution in [0.25, 0.3) is 10.9 Å². The summed E-state index contributed by atoms with van der Waals surface area (Å²) in [6.45, 7) is 4.24. The SMILES string of the molecule is CCC(CC)Nc1ccnc2c([N+](=O)[O-])cccc12. The molecule has 1 aromatic heterocycles. The maximum Gasteiger partial charge on any atom is 0.295 e. The molecule has 0 atom stereocenters. The van der Waals surface area contributed by atoms with Gasteiger partial charge in [0.25, 0.3) is 5.69 Å². The monoisotopic (exact) mass is 259 g/mol. The number of hydrogen-bond acceptors (Lipinski definition) is 4. The number of pyridine rings is 1. The highest BCUT2D eigenvalue weighted by Crippen LogP contribution is 2.29.